The normalized spacial score (nSPS) is 15.1. The highest BCUT2D eigenvalue weighted by atomic mass is 127. The van der Waals surface area contributed by atoms with Crippen molar-refractivity contribution in [2.75, 3.05) is 26.3 Å². The van der Waals surface area contributed by atoms with Crippen molar-refractivity contribution in [3.63, 3.8) is 0 Å². The maximum atomic E-state index is 5.98. The van der Waals surface area contributed by atoms with Gasteiger partial charge in [0.15, 0.2) is 5.96 Å². The molecule has 25 heavy (non-hydrogen) atoms. The lowest BCUT2D eigenvalue weighted by Crippen LogP contribution is -2.37. The standard InChI is InChI=1S/C19H27N3O2.HI/c1-3-10-21-19(20-4-2)22-14-16-6-5-7-17(13-16)15-24-18-8-11-23-12-9-18;/h1,5-7,13,18H,4,8-12,14-15H2,2H3,(H2,20,21,22);1H. The van der Waals surface area contributed by atoms with Crippen molar-refractivity contribution in [3.05, 3.63) is 35.4 Å². The number of hydrogen-bond donors (Lipinski definition) is 2. The highest BCUT2D eigenvalue weighted by Crippen LogP contribution is 2.14. The minimum atomic E-state index is 0. The third kappa shape index (κ3) is 8.56. The molecular weight excluding hydrogens is 429 g/mol. The van der Waals surface area contributed by atoms with Crippen LogP contribution in [0.3, 0.4) is 0 Å². The van der Waals surface area contributed by atoms with E-state index >= 15 is 0 Å². The molecule has 138 valence electrons. The third-order valence-corrected chi connectivity index (χ3v) is 3.77. The summed E-state index contributed by atoms with van der Waals surface area (Å²) in [5.74, 6) is 3.29. The van der Waals surface area contributed by atoms with Gasteiger partial charge in [-0.1, -0.05) is 30.2 Å². The molecule has 5 nitrogen and oxygen atoms in total. The summed E-state index contributed by atoms with van der Waals surface area (Å²) in [7, 11) is 0. The molecule has 0 aliphatic carbocycles. The number of nitrogens with one attached hydrogen (secondary N) is 2. The monoisotopic (exact) mass is 457 g/mol. The quantitative estimate of drug-likeness (QED) is 0.286. The van der Waals surface area contributed by atoms with Gasteiger partial charge < -0.3 is 20.1 Å². The Morgan fingerprint density at radius 3 is 2.80 bits per heavy atom. The zero-order chi connectivity index (χ0) is 17.0. The molecule has 0 spiro atoms. The number of halogens is 1. The Morgan fingerprint density at radius 2 is 2.08 bits per heavy atom. The van der Waals surface area contributed by atoms with Crippen molar-refractivity contribution in [1.29, 1.82) is 0 Å². The van der Waals surface area contributed by atoms with Crippen LogP contribution in [0.5, 0.6) is 0 Å². The van der Waals surface area contributed by atoms with Crippen LogP contribution in [-0.4, -0.2) is 38.4 Å². The Morgan fingerprint density at radius 1 is 1.32 bits per heavy atom. The smallest absolute Gasteiger partial charge is 0.192 e. The predicted octanol–water partition coefficient (Wildman–Crippen LogP) is 2.69. The first kappa shape index (κ1) is 21.7. The van der Waals surface area contributed by atoms with Crippen LogP contribution in [0.2, 0.25) is 0 Å². The largest absolute Gasteiger partial charge is 0.381 e. The zero-order valence-electron chi connectivity index (χ0n) is 14.8. The molecule has 2 N–H and O–H groups in total. The van der Waals surface area contributed by atoms with E-state index in [1.807, 2.05) is 6.92 Å². The van der Waals surface area contributed by atoms with Crippen molar-refractivity contribution in [1.82, 2.24) is 10.6 Å². The molecule has 0 amide bonds. The van der Waals surface area contributed by atoms with Crippen LogP contribution in [0.15, 0.2) is 29.3 Å². The van der Waals surface area contributed by atoms with Crippen molar-refractivity contribution < 1.29 is 9.47 Å². The minimum absolute atomic E-state index is 0. The van der Waals surface area contributed by atoms with Crippen LogP contribution in [0.4, 0.5) is 0 Å². The molecule has 1 aromatic rings. The molecule has 0 radical (unpaired) electrons. The molecule has 1 aliphatic rings. The van der Waals surface area contributed by atoms with Crippen LogP contribution in [0.1, 0.15) is 30.9 Å². The van der Waals surface area contributed by atoms with Gasteiger partial charge in [0.2, 0.25) is 0 Å². The molecule has 0 saturated carbocycles. The molecular formula is C19H28IN3O2. The molecule has 2 rings (SSSR count). The van der Waals surface area contributed by atoms with Crippen LogP contribution < -0.4 is 10.6 Å². The number of terminal acetylenes is 1. The molecule has 1 aliphatic heterocycles. The number of benzene rings is 1. The van der Waals surface area contributed by atoms with Crippen molar-refractivity contribution in [2.45, 2.75) is 39.0 Å². The summed E-state index contributed by atoms with van der Waals surface area (Å²) in [5, 5.41) is 6.27. The summed E-state index contributed by atoms with van der Waals surface area (Å²) >= 11 is 0. The van der Waals surface area contributed by atoms with Gasteiger partial charge in [-0.15, -0.1) is 30.4 Å². The van der Waals surface area contributed by atoms with Gasteiger partial charge in [-0.2, -0.15) is 0 Å². The summed E-state index contributed by atoms with van der Waals surface area (Å²) in [6, 6.07) is 8.36. The van der Waals surface area contributed by atoms with E-state index < -0.39 is 0 Å². The number of nitrogens with zero attached hydrogens (tertiary/aromatic N) is 1. The summed E-state index contributed by atoms with van der Waals surface area (Å²) in [6.07, 6.45) is 7.56. The zero-order valence-corrected chi connectivity index (χ0v) is 17.1. The van der Waals surface area contributed by atoms with E-state index in [1.54, 1.807) is 0 Å². The first-order chi connectivity index (χ1) is 11.8. The SMILES string of the molecule is C#CCNC(=NCc1cccc(COC2CCOCC2)c1)NCC.I. The highest BCUT2D eigenvalue weighted by Gasteiger charge is 2.13. The van der Waals surface area contributed by atoms with Gasteiger partial charge in [-0.05, 0) is 30.9 Å². The maximum Gasteiger partial charge on any atom is 0.192 e. The topological polar surface area (TPSA) is 54.9 Å². The fourth-order valence-electron chi connectivity index (χ4n) is 2.52. The molecule has 0 atom stereocenters. The van der Waals surface area contributed by atoms with Gasteiger partial charge in [0.05, 0.1) is 25.8 Å². The summed E-state index contributed by atoms with van der Waals surface area (Å²) < 4.78 is 11.3. The van der Waals surface area contributed by atoms with Crippen molar-refractivity contribution >= 4 is 29.9 Å². The van der Waals surface area contributed by atoms with Gasteiger partial charge in [0.1, 0.15) is 0 Å². The van der Waals surface area contributed by atoms with E-state index in [0.717, 1.165) is 44.1 Å². The molecule has 0 bridgehead atoms. The third-order valence-electron chi connectivity index (χ3n) is 3.77. The Bertz CT molecular complexity index is 566. The summed E-state index contributed by atoms with van der Waals surface area (Å²) in [6.45, 7) is 6.14. The highest BCUT2D eigenvalue weighted by molar-refractivity contribution is 14.0. The second-order valence-corrected chi connectivity index (χ2v) is 5.70. The minimum Gasteiger partial charge on any atom is -0.381 e. The molecule has 1 fully saturated rings. The fraction of sp³-hybridized carbons (Fsp3) is 0.526. The number of aliphatic imine (C=N–C) groups is 1. The molecule has 1 aromatic carbocycles. The number of guanidine groups is 1. The molecule has 0 unspecified atom stereocenters. The lowest BCUT2D eigenvalue weighted by molar-refractivity contribution is -0.0390. The van der Waals surface area contributed by atoms with Gasteiger partial charge in [0.25, 0.3) is 0 Å². The van der Waals surface area contributed by atoms with E-state index in [0.29, 0.717) is 25.8 Å². The average molecular weight is 457 g/mol. The number of hydrogen-bond acceptors (Lipinski definition) is 3. The molecule has 6 heteroatoms. The first-order valence-electron chi connectivity index (χ1n) is 8.54. The van der Waals surface area contributed by atoms with Gasteiger partial charge in [-0.3, -0.25) is 0 Å². The average Bonchev–Trinajstić information content (AvgIpc) is 2.63. The van der Waals surface area contributed by atoms with E-state index in [2.05, 4.69) is 45.8 Å². The summed E-state index contributed by atoms with van der Waals surface area (Å²) in [5.41, 5.74) is 2.33. The van der Waals surface area contributed by atoms with Crippen LogP contribution in [-0.2, 0) is 22.6 Å². The molecule has 1 heterocycles. The van der Waals surface area contributed by atoms with E-state index in [-0.39, 0.29) is 24.0 Å². The Labute approximate surface area is 168 Å². The summed E-state index contributed by atoms with van der Waals surface area (Å²) in [4.78, 5) is 4.55. The van der Waals surface area contributed by atoms with E-state index in [1.165, 1.54) is 5.56 Å². The molecule has 0 aromatic heterocycles. The number of rotatable bonds is 7. The lowest BCUT2D eigenvalue weighted by Gasteiger charge is -2.22. The lowest BCUT2D eigenvalue weighted by atomic mass is 10.1. The number of ether oxygens (including phenoxy) is 2. The van der Waals surface area contributed by atoms with Gasteiger partial charge in [0, 0.05) is 19.8 Å². The van der Waals surface area contributed by atoms with Crippen molar-refractivity contribution in [3.8, 4) is 12.3 Å². The molecule has 1 saturated heterocycles. The predicted molar refractivity (Wildman–Crippen MR) is 112 cm³/mol. The van der Waals surface area contributed by atoms with Crippen LogP contribution in [0.25, 0.3) is 0 Å². The Hall–Kier alpha value is -1.30. The fourth-order valence-corrected chi connectivity index (χ4v) is 2.52. The second-order valence-electron chi connectivity index (χ2n) is 5.70. The van der Waals surface area contributed by atoms with Crippen molar-refractivity contribution in [2.24, 2.45) is 4.99 Å². The Kier molecular flexibility index (Phi) is 11.3. The van der Waals surface area contributed by atoms with Crippen LogP contribution >= 0.6 is 24.0 Å². The Balaban J connectivity index is 0.00000312. The van der Waals surface area contributed by atoms with Gasteiger partial charge >= 0.3 is 0 Å². The van der Waals surface area contributed by atoms with Crippen LogP contribution in [0, 0.1) is 12.3 Å². The second kappa shape index (κ2) is 13.0. The maximum absolute atomic E-state index is 5.98. The van der Waals surface area contributed by atoms with E-state index in [4.69, 9.17) is 15.9 Å². The van der Waals surface area contributed by atoms with E-state index in [9.17, 15) is 0 Å². The van der Waals surface area contributed by atoms with Gasteiger partial charge in [-0.25, -0.2) is 4.99 Å². The first-order valence-corrected chi connectivity index (χ1v) is 8.54.